The molecule has 27 heavy (non-hydrogen) atoms. The van der Waals surface area contributed by atoms with E-state index in [9.17, 15) is 5.11 Å². The highest BCUT2D eigenvalue weighted by atomic mass is 79.9. The number of aliphatic hydroxyl groups excluding tert-OH is 1. The van der Waals surface area contributed by atoms with Crippen LogP contribution in [0.1, 0.15) is 35.3 Å². The van der Waals surface area contributed by atoms with E-state index in [1.807, 2.05) is 24.3 Å². The van der Waals surface area contributed by atoms with Gasteiger partial charge in [0.05, 0.1) is 39.4 Å². The van der Waals surface area contributed by atoms with Crippen LogP contribution in [-0.4, -0.2) is 44.1 Å². The number of benzene rings is 2. The zero-order valence-electron chi connectivity index (χ0n) is 15.9. The van der Waals surface area contributed by atoms with E-state index in [1.165, 1.54) is 5.56 Å². The van der Waals surface area contributed by atoms with Gasteiger partial charge in [0.1, 0.15) is 6.04 Å². The number of aliphatic hydroxyl groups is 1. The maximum atomic E-state index is 11.0. The normalized spacial score (nSPS) is 20.9. The van der Waals surface area contributed by atoms with Gasteiger partial charge in [0.2, 0.25) is 12.5 Å². The van der Waals surface area contributed by atoms with Crippen LogP contribution in [-0.2, 0) is 6.42 Å². The lowest BCUT2D eigenvalue weighted by molar-refractivity contribution is -0.924. The van der Waals surface area contributed by atoms with Crippen LogP contribution >= 0.6 is 15.9 Å². The van der Waals surface area contributed by atoms with Gasteiger partial charge in [0.15, 0.2) is 11.5 Å². The fourth-order valence-electron chi connectivity index (χ4n) is 4.20. The molecule has 2 aliphatic heterocycles. The number of halogens is 1. The molecule has 2 aromatic carbocycles. The summed E-state index contributed by atoms with van der Waals surface area (Å²) in [5.41, 5.74) is 3.28. The van der Waals surface area contributed by atoms with E-state index in [1.54, 1.807) is 7.11 Å². The van der Waals surface area contributed by atoms with Gasteiger partial charge in [-0.3, -0.25) is 0 Å². The average molecular weight is 435 g/mol. The second-order valence-corrected chi connectivity index (χ2v) is 8.70. The Balaban J connectivity index is 1.75. The minimum atomic E-state index is -0.554. The zero-order chi connectivity index (χ0) is 19.2. The fraction of sp³-hybridized carbons (Fsp3) is 0.429. The molecule has 0 saturated heterocycles. The average Bonchev–Trinajstić information content (AvgIpc) is 3.11. The van der Waals surface area contributed by atoms with E-state index < -0.39 is 6.10 Å². The number of quaternary nitrogens is 1. The lowest BCUT2D eigenvalue weighted by Crippen LogP contribution is -2.48. The number of methoxy groups -OCH3 is 1. The quantitative estimate of drug-likeness (QED) is 0.739. The highest BCUT2D eigenvalue weighted by Crippen LogP contribution is 2.52. The number of fused-ring (bicyclic) bond motifs is 2. The van der Waals surface area contributed by atoms with Crippen LogP contribution in [0.5, 0.6) is 17.2 Å². The van der Waals surface area contributed by atoms with Crippen molar-refractivity contribution < 1.29 is 23.8 Å². The van der Waals surface area contributed by atoms with Crippen molar-refractivity contribution >= 4 is 15.9 Å². The number of ether oxygens (including phenoxy) is 3. The van der Waals surface area contributed by atoms with Crippen molar-refractivity contribution in [1.82, 2.24) is 0 Å². The lowest BCUT2D eigenvalue weighted by Gasteiger charge is -2.44. The molecule has 6 heteroatoms. The second kappa shape index (κ2) is 7.00. The summed E-state index contributed by atoms with van der Waals surface area (Å²) in [6, 6.07) is 10.0. The van der Waals surface area contributed by atoms with Gasteiger partial charge in [-0.25, -0.2) is 0 Å². The van der Waals surface area contributed by atoms with Crippen molar-refractivity contribution in [3.8, 4) is 17.2 Å². The molecule has 0 bridgehead atoms. The summed E-state index contributed by atoms with van der Waals surface area (Å²) in [7, 11) is 6.10. The standard InChI is InChI=1S/C21H25BrNO4/c1-23(2)9-8-14-10-18-20(27-12-26-18)21(25-3)19(14)16(23)11-17(24)13-4-6-15(22)7-5-13/h4-7,10,16-17,24H,8-9,11-12H2,1-3H3/q+1/t16-,17-/m0/s1. The molecule has 0 radical (unpaired) electrons. The molecule has 0 amide bonds. The Morgan fingerprint density at radius 1 is 1.26 bits per heavy atom. The van der Waals surface area contributed by atoms with Gasteiger partial charge >= 0.3 is 0 Å². The first-order chi connectivity index (χ1) is 12.9. The summed E-state index contributed by atoms with van der Waals surface area (Å²) in [4.78, 5) is 0. The molecule has 0 fully saturated rings. The molecule has 1 N–H and O–H groups in total. The number of nitrogens with zero attached hydrogens (tertiary/aromatic N) is 1. The van der Waals surface area contributed by atoms with Crippen molar-refractivity contribution in [2.75, 3.05) is 34.5 Å². The van der Waals surface area contributed by atoms with Crippen LogP contribution in [0.15, 0.2) is 34.8 Å². The van der Waals surface area contributed by atoms with Crippen molar-refractivity contribution in [2.24, 2.45) is 0 Å². The van der Waals surface area contributed by atoms with Crippen molar-refractivity contribution in [1.29, 1.82) is 0 Å². The predicted octanol–water partition coefficient (Wildman–Crippen LogP) is 3.98. The molecule has 144 valence electrons. The predicted molar refractivity (Wildman–Crippen MR) is 106 cm³/mol. The van der Waals surface area contributed by atoms with Crippen LogP contribution in [0.25, 0.3) is 0 Å². The van der Waals surface area contributed by atoms with Crippen LogP contribution in [0.2, 0.25) is 0 Å². The van der Waals surface area contributed by atoms with E-state index in [2.05, 4.69) is 36.1 Å². The van der Waals surface area contributed by atoms with E-state index in [4.69, 9.17) is 14.2 Å². The highest BCUT2D eigenvalue weighted by Gasteiger charge is 2.42. The molecule has 0 unspecified atom stereocenters. The maximum absolute atomic E-state index is 11.0. The largest absolute Gasteiger partial charge is 0.492 e. The lowest BCUT2D eigenvalue weighted by atomic mass is 9.85. The van der Waals surface area contributed by atoms with Crippen molar-refractivity contribution in [3.05, 3.63) is 51.5 Å². The molecular formula is C21H25BrNO4+. The number of hydrogen-bond donors (Lipinski definition) is 1. The third-order valence-electron chi connectivity index (χ3n) is 5.78. The summed E-state index contributed by atoms with van der Waals surface area (Å²) in [5, 5.41) is 11.0. The molecule has 0 aliphatic carbocycles. The first-order valence-corrected chi connectivity index (χ1v) is 9.95. The van der Waals surface area contributed by atoms with E-state index in [-0.39, 0.29) is 12.8 Å². The Labute approximate surface area is 168 Å². The monoisotopic (exact) mass is 434 g/mol. The van der Waals surface area contributed by atoms with E-state index >= 15 is 0 Å². The number of rotatable bonds is 4. The van der Waals surface area contributed by atoms with E-state index in [0.717, 1.165) is 44.5 Å². The molecule has 2 aromatic rings. The summed E-state index contributed by atoms with van der Waals surface area (Å²) in [5.74, 6) is 2.19. The fourth-order valence-corrected chi connectivity index (χ4v) is 4.47. The Hall–Kier alpha value is -1.76. The molecule has 2 atom stereocenters. The van der Waals surface area contributed by atoms with E-state index in [0.29, 0.717) is 12.2 Å². The summed E-state index contributed by atoms with van der Waals surface area (Å²) in [6.07, 6.45) is 0.999. The third-order valence-corrected chi connectivity index (χ3v) is 6.31. The molecule has 2 heterocycles. The smallest absolute Gasteiger partial charge is 0.231 e. The SMILES string of the molecule is COc1c2c(cc3c1[C@H](C[C@H](O)c1ccc(Br)cc1)[N+](C)(C)CC3)OCO2. The molecule has 0 saturated carbocycles. The molecule has 2 aliphatic rings. The first kappa shape index (κ1) is 18.6. The minimum Gasteiger partial charge on any atom is -0.492 e. The van der Waals surface area contributed by atoms with Gasteiger partial charge in [-0.2, -0.15) is 0 Å². The number of hydrogen-bond acceptors (Lipinski definition) is 4. The Bertz CT molecular complexity index is 850. The van der Waals surface area contributed by atoms with Gasteiger partial charge in [0, 0.05) is 17.3 Å². The summed E-state index contributed by atoms with van der Waals surface area (Å²) < 4.78 is 18.9. The third kappa shape index (κ3) is 3.30. The molecular weight excluding hydrogens is 410 g/mol. The highest BCUT2D eigenvalue weighted by molar-refractivity contribution is 9.10. The topological polar surface area (TPSA) is 47.9 Å². The first-order valence-electron chi connectivity index (χ1n) is 9.16. The van der Waals surface area contributed by atoms with Gasteiger partial charge < -0.3 is 23.8 Å². The molecule has 0 spiro atoms. The van der Waals surface area contributed by atoms with Gasteiger partial charge in [0.25, 0.3) is 0 Å². The van der Waals surface area contributed by atoms with Crippen LogP contribution in [0.3, 0.4) is 0 Å². The second-order valence-electron chi connectivity index (χ2n) is 7.79. The summed E-state index contributed by atoms with van der Waals surface area (Å²) in [6.45, 7) is 1.21. The van der Waals surface area contributed by atoms with Gasteiger partial charge in [-0.05, 0) is 29.3 Å². The van der Waals surface area contributed by atoms with Gasteiger partial charge in [-0.15, -0.1) is 0 Å². The number of likely N-dealkylation sites (N-methyl/N-ethyl adjacent to an activating group) is 1. The maximum Gasteiger partial charge on any atom is 0.231 e. The summed E-state index contributed by atoms with van der Waals surface area (Å²) >= 11 is 3.45. The Morgan fingerprint density at radius 2 is 2.00 bits per heavy atom. The van der Waals surface area contributed by atoms with Crippen LogP contribution < -0.4 is 14.2 Å². The Kier molecular flexibility index (Phi) is 4.82. The molecule has 4 rings (SSSR count). The van der Waals surface area contributed by atoms with Crippen LogP contribution in [0.4, 0.5) is 0 Å². The Morgan fingerprint density at radius 3 is 2.70 bits per heavy atom. The molecule has 5 nitrogen and oxygen atoms in total. The van der Waals surface area contributed by atoms with Crippen molar-refractivity contribution in [3.63, 3.8) is 0 Å². The van der Waals surface area contributed by atoms with Crippen LogP contribution in [0, 0.1) is 0 Å². The molecule has 0 aromatic heterocycles. The van der Waals surface area contributed by atoms with Gasteiger partial charge in [-0.1, -0.05) is 28.1 Å². The zero-order valence-corrected chi connectivity index (χ0v) is 17.5. The van der Waals surface area contributed by atoms with Crippen molar-refractivity contribution in [2.45, 2.75) is 25.0 Å². The minimum absolute atomic E-state index is 0.0943.